The van der Waals surface area contributed by atoms with Gasteiger partial charge < -0.3 is 15.2 Å². The fourth-order valence-electron chi connectivity index (χ4n) is 2.01. The van der Waals surface area contributed by atoms with Crippen molar-refractivity contribution in [2.45, 2.75) is 6.10 Å². The van der Waals surface area contributed by atoms with E-state index in [9.17, 15) is 5.11 Å². The molecule has 0 saturated heterocycles. The minimum atomic E-state index is -0.603. The lowest BCUT2D eigenvalue weighted by atomic mass is 10.0. The van der Waals surface area contributed by atoms with Gasteiger partial charge in [-0.2, -0.15) is 0 Å². The van der Waals surface area contributed by atoms with Crippen LogP contribution in [0, 0.1) is 0 Å². The molecule has 0 aliphatic heterocycles. The lowest BCUT2D eigenvalue weighted by Gasteiger charge is -2.15. The summed E-state index contributed by atoms with van der Waals surface area (Å²) in [7, 11) is 3.40. The van der Waals surface area contributed by atoms with Crippen LogP contribution in [0.25, 0.3) is 10.8 Å². The van der Waals surface area contributed by atoms with Crippen molar-refractivity contribution in [3.05, 3.63) is 40.9 Å². The van der Waals surface area contributed by atoms with Gasteiger partial charge in [-0.15, -0.1) is 0 Å². The van der Waals surface area contributed by atoms with E-state index in [0.29, 0.717) is 17.3 Å². The molecular formula is C14H16ClNO2. The van der Waals surface area contributed by atoms with Gasteiger partial charge in [0.1, 0.15) is 5.75 Å². The van der Waals surface area contributed by atoms with Crippen LogP contribution in [0.15, 0.2) is 30.3 Å². The Labute approximate surface area is 111 Å². The molecule has 96 valence electrons. The first-order valence-corrected chi connectivity index (χ1v) is 6.13. The number of benzene rings is 2. The van der Waals surface area contributed by atoms with E-state index in [2.05, 4.69) is 5.32 Å². The lowest BCUT2D eigenvalue weighted by molar-refractivity contribution is 0.173. The van der Waals surface area contributed by atoms with Crippen LogP contribution in [-0.2, 0) is 0 Å². The molecule has 1 unspecified atom stereocenters. The number of hydrogen-bond acceptors (Lipinski definition) is 3. The van der Waals surface area contributed by atoms with Crippen LogP contribution < -0.4 is 10.1 Å². The number of halogens is 1. The van der Waals surface area contributed by atoms with Crippen LogP contribution in [0.4, 0.5) is 0 Å². The highest BCUT2D eigenvalue weighted by molar-refractivity contribution is 6.31. The number of fused-ring (bicyclic) bond motifs is 1. The molecule has 1 atom stereocenters. The highest BCUT2D eigenvalue weighted by Gasteiger charge is 2.13. The van der Waals surface area contributed by atoms with Gasteiger partial charge in [0.15, 0.2) is 0 Å². The lowest BCUT2D eigenvalue weighted by Crippen LogP contribution is -2.17. The summed E-state index contributed by atoms with van der Waals surface area (Å²) in [6.07, 6.45) is -0.603. The van der Waals surface area contributed by atoms with Crippen LogP contribution >= 0.6 is 11.6 Å². The largest absolute Gasteiger partial charge is 0.496 e. The quantitative estimate of drug-likeness (QED) is 0.893. The minimum absolute atomic E-state index is 0.475. The summed E-state index contributed by atoms with van der Waals surface area (Å²) in [5, 5.41) is 15.7. The second-order valence-corrected chi connectivity index (χ2v) is 4.60. The monoisotopic (exact) mass is 265 g/mol. The van der Waals surface area contributed by atoms with Crippen molar-refractivity contribution >= 4 is 22.4 Å². The third-order valence-electron chi connectivity index (χ3n) is 2.91. The van der Waals surface area contributed by atoms with Crippen molar-refractivity contribution in [3.8, 4) is 5.75 Å². The van der Waals surface area contributed by atoms with E-state index in [4.69, 9.17) is 16.3 Å². The van der Waals surface area contributed by atoms with E-state index in [-0.39, 0.29) is 0 Å². The SMILES string of the molecule is CNCC(O)c1cc2cc(Cl)ccc2cc1OC. The van der Waals surface area contributed by atoms with Crippen molar-refractivity contribution in [1.82, 2.24) is 5.32 Å². The van der Waals surface area contributed by atoms with E-state index in [1.165, 1.54) is 0 Å². The van der Waals surface area contributed by atoms with E-state index in [0.717, 1.165) is 16.3 Å². The molecule has 4 heteroatoms. The van der Waals surface area contributed by atoms with Crippen LogP contribution in [0.5, 0.6) is 5.75 Å². The fraction of sp³-hybridized carbons (Fsp3) is 0.286. The first-order valence-electron chi connectivity index (χ1n) is 5.75. The van der Waals surface area contributed by atoms with E-state index >= 15 is 0 Å². The van der Waals surface area contributed by atoms with E-state index < -0.39 is 6.10 Å². The zero-order valence-electron chi connectivity index (χ0n) is 10.4. The van der Waals surface area contributed by atoms with Gasteiger partial charge in [-0.3, -0.25) is 0 Å². The third kappa shape index (κ3) is 2.58. The average molecular weight is 266 g/mol. The summed E-state index contributed by atoms with van der Waals surface area (Å²) in [5.74, 6) is 0.688. The van der Waals surface area contributed by atoms with Crippen molar-refractivity contribution in [2.75, 3.05) is 20.7 Å². The topological polar surface area (TPSA) is 41.5 Å². The molecule has 0 fully saturated rings. The third-order valence-corrected chi connectivity index (χ3v) is 3.14. The molecule has 0 saturated carbocycles. The Kier molecular flexibility index (Phi) is 4.07. The van der Waals surface area contributed by atoms with Gasteiger partial charge in [0.2, 0.25) is 0 Å². The maximum absolute atomic E-state index is 10.1. The molecule has 0 amide bonds. The van der Waals surface area contributed by atoms with Crippen LogP contribution in [0.3, 0.4) is 0 Å². The number of hydrogen-bond donors (Lipinski definition) is 2. The molecule has 0 radical (unpaired) electrons. The smallest absolute Gasteiger partial charge is 0.125 e. The number of likely N-dealkylation sites (N-methyl/N-ethyl adjacent to an activating group) is 1. The summed E-state index contributed by atoms with van der Waals surface area (Å²) in [6.45, 7) is 0.475. The van der Waals surface area contributed by atoms with Gasteiger partial charge in [-0.1, -0.05) is 17.7 Å². The maximum Gasteiger partial charge on any atom is 0.125 e. The van der Waals surface area contributed by atoms with Crippen molar-refractivity contribution in [1.29, 1.82) is 0 Å². The Morgan fingerprint density at radius 2 is 2.06 bits per heavy atom. The molecule has 2 rings (SSSR count). The number of rotatable bonds is 4. The molecule has 0 bridgehead atoms. The molecule has 0 aliphatic carbocycles. The number of aliphatic hydroxyl groups is 1. The Balaban J connectivity index is 2.56. The first kappa shape index (κ1) is 13.1. The molecule has 0 aliphatic rings. The molecule has 3 nitrogen and oxygen atoms in total. The van der Waals surface area contributed by atoms with Gasteiger partial charge in [0.25, 0.3) is 0 Å². The normalized spacial score (nSPS) is 12.7. The highest BCUT2D eigenvalue weighted by atomic mass is 35.5. The van der Waals surface area contributed by atoms with E-state index in [1.54, 1.807) is 14.2 Å². The van der Waals surface area contributed by atoms with Gasteiger partial charge in [-0.05, 0) is 42.1 Å². The number of ether oxygens (including phenoxy) is 1. The van der Waals surface area contributed by atoms with Crippen molar-refractivity contribution in [2.24, 2.45) is 0 Å². The molecule has 2 N–H and O–H groups in total. The second-order valence-electron chi connectivity index (χ2n) is 4.16. The molecule has 0 aromatic heterocycles. The number of aliphatic hydroxyl groups excluding tert-OH is 1. The predicted octanol–water partition coefficient (Wildman–Crippen LogP) is 2.75. The molecule has 0 spiro atoms. The fourth-order valence-corrected chi connectivity index (χ4v) is 2.19. The highest BCUT2D eigenvalue weighted by Crippen LogP contribution is 2.31. The zero-order valence-corrected chi connectivity index (χ0v) is 11.2. The standard InChI is InChI=1S/C14H16ClNO2/c1-16-8-13(17)12-6-10-5-11(15)4-3-9(10)7-14(12)18-2/h3-7,13,16-17H,8H2,1-2H3. The number of nitrogens with one attached hydrogen (secondary N) is 1. The molecule has 18 heavy (non-hydrogen) atoms. The summed E-state index contributed by atoms with van der Waals surface area (Å²) in [4.78, 5) is 0. The molecule has 2 aromatic carbocycles. The van der Waals surface area contributed by atoms with Crippen LogP contribution in [0.2, 0.25) is 5.02 Å². The Morgan fingerprint density at radius 3 is 2.72 bits per heavy atom. The van der Waals surface area contributed by atoms with Gasteiger partial charge in [0.05, 0.1) is 13.2 Å². The summed E-state index contributed by atoms with van der Waals surface area (Å²) in [5.41, 5.74) is 0.765. The molecular weight excluding hydrogens is 250 g/mol. The van der Waals surface area contributed by atoms with Crippen molar-refractivity contribution in [3.63, 3.8) is 0 Å². The zero-order chi connectivity index (χ0) is 13.1. The summed E-state index contributed by atoms with van der Waals surface area (Å²) >= 11 is 5.98. The first-order chi connectivity index (χ1) is 8.65. The van der Waals surface area contributed by atoms with E-state index in [1.807, 2.05) is 30.3 Å². The van der Waals surface area contributed by atoms with Gasteiger partial charge in [-0.25, -0.2) is 0 Å². The molecule has 2 aromatic rings. The Morgan fingerprint density at radius 1 is 1.28 bits per heavy atom. The van der Waals surface area contributed by atoms with Crippen LogP contribution in [-0.4, -0.2) is 25.8 Å². The average Bonchev–Trinajstić information content (AvgIpc) is 2.37. The maximum atomic E-state index is 10.1. The Bertz CT molecular complexity index is 557. The molecule has 0 heterocycles. The predicted molar refractivity (Wildman–Crippen MR) is 74.4 cm³/mol. The van der Waals surface area contributed by atoms with Gasteiger partial charge >= 0.3 is 0 Å². The minimum Gasteiger partial charge on any atom is -0.496 e. The summed E-state index contributed by atoms with van der Waals surface area (Å²) in [6, 6.07) is 9.50. The number of methoxy groups -OCH3 is 1. The van der Waals surface area contributed by atoms with Crippen molar-refractivity contribution < 1.29 is 9.84 Å². The van der Waals surface area contributed by atoms with Crippen LogP contribution in [0.1, 0.15) is 11.7 Å². The second kappa shape index (κ2) is 5.57. The summed E-state index contributed by atoms with van der Waals surface area (Å²) < 4.78 is 5.33. The van der Waals surface area contributed by atoms with Gasteiger partial charge in [0, 0.05) is 17.1 Å². The Hall–Kier alpha value is -1.29.